The van der Waals surface area contributed by atoms with Crippen molar-refractivity contribution >= 4 is 19.3 Å². The van der Waals surface area contributed by atoms with Crippen molar-refractivity contribution in [2.45, 2.75) is 117 Å². The van der Waals surface area contributed by atoms with E-state index in [1.807, 2.05) is 41.5 Å². The van der Waals surface area contributed by atoms with Gasteiger partial charge < -0.3 is 9.47 Å². The smallest absolute Gasteiger partial charge is 0.322 e. The van der Waals surface area contributed by atoms with E-state index in [9.17, 15) is 9.59 Å². The third-order valence-electron chi connectivity index (χ3n) is 5.32. The molecule has 0 saturated carbocycles. The molecule has 0 amide bonds. The summed E-state index contributed by atoms with van der Waals surface area (Å²) >= 11 is 0. The molecule has 0 heterocycles. The summed E-state index contributed by atoms with van der Waals surface area (Å²) in [7, 11) is -3.26. The lowest BCUT2D eigenvalue weighted by Crippen LogP contribution is -2.65. The Hall–Kier alpha value is -0.843. The minimum absolute atomic E-state index is 0.308. The molecule has 0 aromatic carbocycles. The third kappa shape index (κ3) is 7.24. The van der Waals surface area contributed by atoms with E-state index >= 15 is 0 Å². The summed E-state index contributed by atoms with van der Waals surface area (Å²) in [6.45, 7) is 17.0. The fraction of sp³-hybridized carbons (Fsp3) is 0.909. The summed E-state index contributed by atoms with van der Waals surface area (Å²) in [5.41, 5.74) is -0.616. The molecule has 5 heteroatoms. The third-order valence-corrected chi connectivity index (χ3v) is 11.3. The maximum absolute atomic E-state index is 13.3. The molecule has 0 aromatic heterocycles. The van der Waals surface area contributed by atoms with Crippen LogP contribution in [0.4, 0.5) is 9.59 Å². The van der Waals surface area contributed by atoms with Crippen LogP contribution in [0.15, 0.2) is 0 Å². The minimum Gasteiger partial charge on any atom is -0.470 e. The summed E-state index contributed by atoms with van der Waals surface area (Å²) in [4.78, 5) is 26.6. The van der Waals surface area contributed by atoms with Crippen LogP contribution >= 0.6 is 0 Å². The lowest BCUT2D eigenvalue weighted by atomic mass is 10.2. The van der Waals surface area contributed by atoms with Crippen molar-refractivity contribution in [3.05, 3.63) is 0 Å². The Morgan fingerprint density at radius 2 is 0.963 bits per heavy atom. The van der Waals surface area contributed by atoms with Gasteiger partial charge in [-0.25, -0.2) is 0 Å². The molecule has 0 unspecified atom stereocenters. The standard InChI is InChI=1S/C22H44O4Si/c1-9-11-13-15-17-25-19(23)27(21(3,4)5,22(6,7)8)20(24)26-18-16-14-12-10-2/h9-18H2,1-8H3. The zero-order chi connectivity index (χ0) is 21.1. The molecule has 0 rings (SSSR count). The molecule has 0 aromatic rings. The zero-order valence-electron chi connectivity index (χ0n) is 19.2. The molecule has 0 bridgehead atoms. The summed E-state index contributed by atoms with van der Waals surface area (Å²) in [5.74, 6) is 0. The SMILES string of the molecule is CCCCCCOC(=O)[Si](C(=O)OCCCCCC)(C(C)(C)C)C(C)(C)C. The van der Waals surface area contributed by atoms with Gasteiger partial charge in [-0.05, 0) is 22.9 Å². The highest BCUT2D eigenvalue weighted by molar-refractivity contribution is 7.26. The van der Waals surface area contributed by atoms with Gasteiger partial charge in [-0.1, -0.05) is 93.9 Å². The van der Waals surface area contributed by atoms with E-state index in [2.05, 4.69) is 13.8 Å². The summed E-state index contributed by atoms with van der Waals surface area (Å²) in [6.07, 6.45) is 8.35. The van der Waals surface area contributed by atoms with Crippen LogP contribution in [0.25, 0.3) is 0 Å². The molecule has 27 heavy (non-hydrogen) atoms. The van der Waals surface area contributed by atoms with Crippen LogP contribution in [0.2, 0.25) is 10.1 Å². The van der Waals surface area contributed by atoms with Crippen molar-refractivity contribution in [1.82, 2.24) is 0 Å². The van der Waals surface area contributed by atoms with Gasteiger partial charge in [0.15, 0.2) is 0 Å². The Kier molecular flexibility index (Phi) is 11.5. The van der Waals surface area contributed by atoms with E-state index in [4.69, 9.17) is 9.47 Å². The average molecular weight is 401 g/mol. The zero-order valence-corrected chi connectivity index (χ0v) is 20.2. The van der Waals surface area contributed by atoms with Crippen LogP contribution < -0.4 is 0 Å². The van der Waals surface area contributed by atoms with Crippen molar-refractivity contribution < 1.29 is 19.1 Å². The molecule has 160 valence electrons. The first kappa shape index (κ1) is 26.2. The number of hydrogen-bond acceptors (Lipinski definition) is 4. The monoisotopic (exact) mass is 400 g/mol. The highest BCUT2D eigenvalue weighted by Gasteiger charge is 2.68. The Balaban J connectivity index is 5.36. The highest BCUT2D eigenvalue weighted by atomic mass is 28.3. The molecule has 0 N–H and O–H groups in total. The van der Waals surface area contributed by atoms with Gasteiger partial charge in [0.1, 0.15) is 0 Å². The van der Waals surface area contributed by atoms with Crippen LogP contribution in [0.1, 0.15) is 107 Å². The maximum Gasteiger partial charge on any atom is 0.322 e. The average Bonchev–Trinajstić information content (AvgIpc) is 2.52. The molecule has 0 saturated heterocycles. The number of ether oxygens (including phenoxy) is 2. The second-order valence-corrected chi connectivity index (χ2v) is 15.0. The summed E-state index contributed by atoms with van der Waals surface area (Å²) in [5, 5.41) is -0.960. The molecular formula is C22H44O4Si. The van der Waals surface area contributed by atoms with E-state index in [1.54, 1.807) is 0 Å². The number of carbonyl (C=O) groups is 2. The molecule has 0 aliphatic heterocycles. The van der Waals surface area contributed by atoms with Crippen LogP contribution in [-0.4, -0.2) is 32.5 Å². The second kappa shape index (κ2) is 11.9. The van der Waals surface area contributed by atoms with Crippen LogP contribution in [0.5, 0.6) is 0 Å². The Labute approximate surface area is 168 Å². The number of carbonyl (C=O) groups excluding carboxylic acids is 2. The van der Waals surface area contributed by atoms with Gasteiger partial charge in [-0.2, -0.15) is 0 Å². The summed E-state index contributed by atoms with van der Waals surface area (Å²) in [6, 6.07) is 0. The maximum atomic E-state index is 13.3. The Morgan fingerprint density at radius 1 is 0.630 bits per heavy atom. The van der Waals surface area contributed by atoms with Crippen LogP contribution in [0.3, 0.4) is 0 Å². The van der Waals surface area contributed by atoms with Gasteiger partial charge in [0.2, 0.25) is 0 Å². The predicted octanol–water partition coefficient (Wildman–Crippen LogP) is 7.63. The van der Waals surface area contributed by atoms with E-state index in [0.29, 0.717) is 13.2 Å². The van der Waals surface area contributed by atoms with Crippen molar-refractivity contribution in [2.24, 2.45) is 0 Å². The first-order chi connectivity index (χ1) is 12.5. The highest BCUT2D eigenvalue weighted by Crippen LogP contribution is 2.52. The quantitative estimate of drug-likeness (QED) is 0.249. The fourth-order valence-corrected chi connectivity index (χ4v) is 9.54. The molecule has 0 aliphatic carbocycles. The van der Waals surface area contributed by atoms with E-state index in [-0.39, 0.29) is 11.2 Å². The minimum atomic E-state index is -3.26. The molecule has 0 aliphatic rings. The number of hydrogen-bond donors (Lipinski definition) is 0. The molecular weight excluding hydrogens is 356 g/mol. The number of unbranched alkanes of at least 4 members (excludes halogenated alkanes) is 6. The fourth-order valence-electron chi connectivity index (χ4n) is 4.04. The van der Waals surface area contributed by atoms with Gasteiger partial charge in [-0.3, -0.25) is 9.59 Å². The van der Waals surface area contributed by atoms with E-state index in [0.717, 1.165) is 51.4 Å². The van der Waals surface area contributed by atoms with Crippen molar-refractivity contribution in [2.75, 3.05) is 13.2 Å². The second-order valence-electron chi connectivity index (χ2n) is 9.64. The van der Waals surface area contributed by atoms with E-state index < -0.39 is 18.2 Å². The normalized spacial score (nSPS) is 12.7. The largest absolute Gasteiger partial charge is 0.470 e. The topological polar surface area (TPSA) is 52.6 Å². The van der Waals surface area contributed by atoms with Crippen molar-refractivity contribution in [3.63, 3.8) is 0 Å². The van der Waals surface area contributed by atoms with Gasteiger partial charge >= 0.3 is 8.07 Å². The van der Waals surface area contributed by atoms with Gasteiger partial charge in [0.05, 0.1) is 13.2 Å². The van der Waals surface area contributed by atoms with Crippen molar-refractivity contribution in [3.8, 4) is 0 Å². The van der Waals surface area contributed by atoms with Crippen LogP contribution in [0, 0.1) is 0 Å². The molecule has 0 fully saturated rings. The molecule has 4 nitrogen and oxygen atoms in total. The van der Waals surface area contributed by atoms with Gasteiger partial charge in [0.25, 0.3) is 11.2 Å². The number of rotatable bonds is 12. The van der Waals surface area contributed by atoms with Crippen molar-refractivity contribution in [1.29, 1.82) is 0 Å². The lowest BCUT2D eigenvalue weighted by Gasteiger charge is -2.45. The van der Waals surface area contributed by atoms with Crippen LogP contribution in [-0.2, 0) is 9.47 Å². The Bertz CT molecular complexity index is 404. The van der Waals surface area contributed by atoms with Gasteiger partial charge in [0, 0.05) is 0 Å². The first-order valence-electron chi connectivity index (χ1n) is 10.8. The predicted molar refractivity (Wildman–Crippen MR) is 116 cm³/mol. The Morgan fingerprint density at radius 3 is 1.22 bits per heavy atom. The summed E-state index contributed by atoms with van der Waals surface area (Å²) < 4.78 is 11.4. The van der Waals surface area contributed by atoms with Gasteiger partial charge in [-0.15, -0.1) is 0 Å². The lowest BCUT2D eigenvalue weighted by molar-refractivity contribution is 0.154. The molecule has 0 atom stereocenters. The van der Waals surface area contributed by atoms with E-state index in [1.165, 1.54) is 0 Å². The molecule has 0 spiro atoms. The molecule has 0 radical (unpaired) electrons. The first-order valence-corrected chi connectivity index (χ1v) is 12.8.